The van der Waals surface area contributed by atoms with Crippen LogP contribution in [0.4, 0.5) is 5.69 Å². The fourth-order valence-corrected chi connectivity index (χ4v) is 1.99. The summed E-state index contributed by atoms with van der Waals surface area (Å²) >= 11 is 0. The van der Waals surface area contributed by atoms with Crippen LogP contribution in [0.15, 0.2) is 75.2 Å². The van der Waals surface area contributed by atoms with E-state index in [4.69, 9.17) is 0 Å². The number of para-hydroxylation sites is 1. The number of nitrogens with one attached hydrogen (secondary N) is 2. The van der Waals surface area contributed by atoms with Crippen molar-refractivity contribution < 1.29 is 9.20 Å². The van der Waals surface area contributed by atoms with Crippen molar-refractivity contribution in [2.45, 2.75) is 6.92 Å². The molecule has 110 valence electrons. The number of rotatable bonds is 4. The largest absolute Gasteiger partial charge is 0.427 e. The highest BCUT2D eigenvalue weighted by Crippen LogP contribution is 2.08. The van der Waals surface area contributed by atoms with E-state index in [9.17, 15) is 4.79 Å². The average Bonchev–Trinajstić information content (AvgIpc) is 3.00. The van der Waals surface area contributed by atoms with Gasteiger partial charge in [0.2, 0.25) is 5.69 Å². The molecule has 2 aromatic carbocycles. The third-order valence-corrected chi connectivity index (χ3v) is 3.15. The summed E-state index contributed by atoms with van der Waals surface area (Å²) in [5.74, 6) is 0. The van der Waals surface area contributed by atoms with Crippen molar-refractivity contribution in [2.75, 3.05) is 5.43 Å². The summed E-state index contributed by atoms with van der Waals surface area (Å²) in [4.78, 5) is 11.1. The molecule has 0 atom stereocenters. The minimum atomic E-state index is -0.429. The summed E-state index contributed by atoms with van der Waals surface area (Å²) < 4.78 is 6.18. The van der Waals surface area contributed by atoms with Gasteiger partial charge >= 0.3 is 5.63 Å². The number of H-pyrrole nitrogens is 1. The Morgan fingerprint density at radius 3 is 2.73 bits per heavy atom. The van der Waals surface area contributed by atoms with Gasteiger partial charge in [0.05, 0.1) is 11.4 Å². The Balaban J connectivity index is 1.83. The van der Waals surface area contributed by atoms with Gasteiger partial charge in [-0.3, -0.25) is 9.95 Å². The molecule has 0 saturated heterocycles. The Kier molecular flexibility index (Phi) is 3.82. The van der Waals surface area contributed by atoms with Crippen LogP contribution in [0, 0.1) is 0 Å². The lowest BCUT2D eigenvalue weighted by Gasteiger charge is -2.03. The maximum absolute atomic E-state index is 11.1. The molecular formula is C16H15N4O2+. The molecule has 0 radical (unpaired) electrons. The maximum Gasteiger partial charge on any atom is 0.427 e. The number of nitrogens with zero attached hydrogens (tertiary/aromatic N) is 2. The topological polar surface area (TPSA) is 74.3 Å². The van der Waals surface area contributed by atoms with Crippen molar-refractivity contribution in [3.8, 4) is 5.69 Å². The quantitative estimate of drug-likeness (QED) is 0.439. The summed E-state index contributed by atoms with van der Waals surface area (Å²) in [5, 5.41) is 6.89. The van der Waals surface area contributed by atoms with Gasteiger partial charge in [-0.1, -0.05) is 30.3 Å². The molecular weight excluding hydrogens is 280 g/mol. The Hall–Kier alpha value is -3.15. The molecule has 0 fully saturated rings. The Bertz CT molecular complexity index is 850. The monoisotopic (exact) mass is 295 g/mol. The van der Waals surface area contributed by atoms with Gasteiger partial charge in [0.25, 0.3) is 6.20 Å². The van der Waals surface area contributed by atoms with Crippen molar-refractivity contribution in [2.24, 2.45) is 5.10 Å². The van der Waals surface area contributed by atoms with E-state index in [-0.39, 0.29) is 0 Å². The number of benzene rings is 2. The zero-order valence-electron chi connectivity index (χ0n) is 12.0. The lowest BCUT2D eigenvalue weighted by Crippen LogP contribution is -2.32. The number of aromatic nitrogens is 2. The fraction of sp³-hybridized carbons (Fsp3) is 0.0625. The first-order valence-electron chi connectivity index (χ1n) is 6.79. The van der Waals surface area contributed by atoms with E-state index in [1.54, 1.807) is 0 Å². The van der Waals surface area contributed by atoms with Crippen molar-refractivity contribution in [3.05, 3.63) is 76.8 Å². The number of hydrogen-bond acceptors (Lipinski definition) is 4. The van der Waals surface area contributed by atoms with Gasteiger partial charge in [0, 0.05) is 17.7 Å². The third-order valence-electron chi connectivity index (χ3n) is 3.15. The Labute approximate surface area is 126 Å². The van der Waals surface area contributed by atoms with Gasteiger partial charge in [0.15, 0.2) is 0 Å². The zero-order chi connectivity index (χ0) is 15.4. The molecule has 0 aliphatic rings. The Morgan fingerprint density at radius 2 is 2.00 bits per heavy atom. The van der Waals surface area contributed by atoms with Crippen LogP contribution in [0.3, 0.4) is 0 Å². The predicted octanol–water partition coefficient (Wildman–Crippen LogP) is 2.08. The SMILES string of the molecule is C/C(=N\Nc1ccccc1)c1cccc(-[n+]2cc(=O)o[nH]2)c1. The van der Waals surface area contributed by atoms with Crippen LogP contribution in [0.5, 0.6) is 0 Å². The van der Waals surface area contributed by atoms with E-state index in [1.807, 2.05) is 61.5 Å². The van der Waals surface area contributed by atoms with Gasteiger partial charge in [0.1, 0.15) is 0 Å². The highest BCUT2D eigenvalue weighted by Gasteiger charge is 2.11. The highest BCUT2D eigenvalue weighted by atomic mass is 16.5. The van der Waals surface area contributed by atoms with E-state index in [1.165, 1.54) is 10.9 Å². The van der Waals surface area contributed by atoms with Gasteiger partial charge in [-0.25, -0.2) is 4.79 Å². The lowest BCUT2D eigenvalue weighted by atomic mass is 10.1. The minimum Gasteiger partial charge on any atom is -0.283 e. The third kappa shape index (κ3) is 3.12. The summed E-state index contributed by atoms with van der Waals surface area (Å²) in [6.07, 6.45) is 1.34. The first-order valence-corrected chi connectivity index (χ1v) is 6.79. The van der Waals surface area contributed by atoms with E-state index in [0.29, 0.717) is 0 Å². The molecule has 0 bridgehead atoms. The molecule has 3 rings (SSSR count). The maximum atomic E-state index is 11.1. The lowest BCUT2D eigenvalue weighted by molar-refractivity contribution is -0.670. The summed E-state index contributed by atoms with van der Waals surface area (Å²) in [6, 6.07) is 17.4. The van der Waals surface area contributed by atoms with Crippen LogP contribution in [-0.4, -0.2) is 11.0 Å². The summed E-state index contributed by atoms with van der Waals surface area (Å²) in [6.45, 7) is 1.91. The van der Waals surface area contributed by atoms with E-state index in [0.717, 1.165) is 22.6 Å². The second-order valence-electron chi connectivity index (χ2n) is 4.74. The first kappa shape index (κ1) is 13.8. The number of hydrogen-bond donors (Lipinski definition) is 2. The molecule has 1 aromatic heterocycles. The van der Waals surface area contributed by atoms with Crippen LogP contribution in [0.2, 0.25) is 0 Å². The normalized spacial score (nSPS) is 11.4. The first-order chi connectivity index (χ1) is 10.7. The summed E-state index contributed by atoms with van der Waals surface area (Å²) in [7, 11) is 0. The Morgan fingerprint density at radius 1 is 1.18 bits per heavy atom. The van der Waals surface area contributed by atoms with Gasteiger partial charge in [-0.15, -0.1) is 0 Å². The second kappa shape index (κ2) is 6.09. The van der Waals surface area contributed by atoms with Crippen LogP contribution in [0.25, 0.3) is 5.69 Å². The predicted molar refractivity (Wildman–Crippen MR) is 83.1 cm³/mol. The molecule has 2 N–H and O–H groups in total. The van der Waals surface area contributed by atoms with Crippen molar-refractivity contribution in [3.63, 3.8) is 0 Å². The van der Waals surface area contributed by atoms with Gasteiger partial charge < -0.3 is 0 Å². The molecule has 0 aliphatic carbocycles. The molecule has 0 saturated carbocycles. The molecule has 0 amide bonds. The highest BCUT2D eigenvalue weighted by molar-refractivity contribution is 5.99. The van der Waals surface area contributed by atoms with E-state index in [2.05, 4.69) is 20.3 Å². The minimum absolute atomic E-state index is 0.429. The zero-order valence-corrected chi connectivity index (χ0v) is 12.0. The molecule has 3 aromatic rings. The summed E-state index contributed by atoms with van der Waals surface area (Å²) in [5.41, 5.74) is 6.07. The standard InChI is InChI=1S/C16H14N4O2/c1-12(17-18-14-7-3-2-4-8-14)13-6-5-9-15(10-13)20-11-16(21)22-19-20/h2-11,18H,1H3/p+1/b17-12+. The van der Waals surface area contributed by atoms with Gasteiger partial charge in [-0.05, 0) is 29.0 Å². The molecule has 0 aliphatic heterocycles. The molecule has 6 heteroatoms. The smallest absolute Gasteiger partial charge is 0.283 e. The fourth-order valence-electron chi connectivity index (χ4n) is 1.99. The molecule has 0 spiro atoms. The van der Waals surface area contributed by atoms with Crippen LogP contribution in [-0.2, 0) is 0 Å². The van der Waals surface area contributed by atoms with Gasteiger partial charge in [-0.2, -0.15) is 5.10 Å². The van der Waals surface area contributed by atoms with Crippen molar-refractivity contribution in [1.29, 1.82) is 0 Å². The molecule has 6 nitrogen and oxygen atoms in total. The molecule has 0 unspecified atom stereocenters. The second-order valence-corrected chi connectivity index (χ2v) is 4.74. The van der Waals surface area contributed by atoms with Crippen LogP contribution >= 0.6 is 0 Å². The average molecular weight is 295 g/mol. The van der Waals surface area contributed by atoms with Crippen LogP contribution in [0.1, 0.15) is 12.5 Å². The van der Waals surface area contributed by atoms with E-state index < -0.39 is 5.63 Å². The van der Waals surface area contributed by atoms with Crippen molar-refractivity contribution >= 4 is 11.4 Å². The number of anilines is 1. The molecule has 1 heterocycles. The number of hydrazone groups is 1. The number of aromatic amines is 1. The van der Waals surface area contributed by atoms with Crippen molar-refractivity contribution in [1.82, 2.24) is 5.27 Å². The van der Waals surface area contributed by atoms with Crippen LogP contribution < -0.4 is 15.7 Å². The van der Waals surface area contributed by atoms with E-state index >= 15 is 0 Å². The molecule has 22 heavy (non-hydrogen) atoms.